The van der Waals surface area contributed by atoms with Gasteiger partial charge in [-0.25, -0.2) is 0 Å². The van der Waals surface area contributed by atoms with Crippen LogP contribution in [0.15, 0.2) is 44.4 Å². The van der Waals surface area contributed by atoms with Crippen molar-refractivity contribution in [2.45, 2.75) is 73.4 Å². The van der Waals surface area contributed by atoms with Crippen molar-refractivity contribution >= 4 is 14.6 Å². The second kappa shape index (κ2) is 6.07. The molecule has 0 spiro atoms. The fourth-order valence-electron chi connectivity index (χ4n) is 3.60. The van der Waals surface area contributed by atoms with Gasteiger partial charge in [-0.15, -0.1) is 10.9 Å². The molecule has 2 atom stereocenters. The second-order valence-electron chi connectivity index (χ2n) is 7.02. The SMILES string of the molecule is CC1=C(C)C(C)=C(C)C(CC2=C(C)C(C)[B]C(C)=C2C)[B]1. The van der Waals surface area contributed by atoms with Crippen molar-refractivity contribution in [2.75, 3.05) is 0 Å². The molecule has 2 rings (SSSR count). The smallest absolute Gasteiger partial charge is 0.108 e. The Morgan fingerprint density at radius 1 is 0.714 bits per heavy atom. The summed E-state index contributed by atoms with van der Waals surface area (Å²) in [4.78, 5) is 0. The molecular formula is C19H28B2. The maximum atomic E-state index is 2.48. The van der Waals surface area contributed by atoms with Crippen molar-refractivity contribution in [3.8, 4) is 0 Å². The fraction of sp³-hybridized carbons (Fsp3) is 0.579. The Labute approximate surface area is 133 Å². The highest BCUT2D eigenvalue weighted by Gasteiger charge is 2.27. The Morgan fingerprint density at radius 3 is 1.90 bits per heavy atom. The number of allylic oxidation sites excluding steroid dienone is 8. The summed E-state index contributed by atoms with van der Waals surface area (Å²) < 4.78 is 0. The first-order valence-electron chi connectivity index (χ1n) is 8.16. The van der Waals surface area contributed by atoms with E-state index >= 15 is 0 Å². The van der Waals surface area contributed by atoms with Gasteiger partial charge in [0.1, 0.15) is 0 Å². The molecule has 2 aliphatic rings. The Balaban J connectivity index is 2.33. The molecule has 0 aromatic heterocycles. The van der Waals surface area contributed by atoms with Gasteiger partial charge >= 0.3 is 0 Å². The van der Waals surface area contributed by atoms with E-state index in [1.165, 1.54) is 27.7 Å². The van der Waals surface area contributed by atoms with E-state index in [9.17, 15) is 0 Å². The van der Waals surface area contributed by atoms with Crippen LogP contribution >= 0.6 is 0 Å². The van der Waals surface area contributed by atoms with Gasteiger partial charge in [-0.1, -0.05) is 48.6 Å². The summed E-state index contributed by atoms with van der Waals surface area (Å²) in [6.07, 6.45) is 1.15. The normalized spacial score (nSPS) is 27.2. The minimum atomic E-state index is 0.562. The van der Waals surface area contributed by atoms with E-state index in [0.29, 0.717) is 11.6 Å². The number of rotatable bonds is 2. The lowest BCUT2D eigenvalue weighted by atomic mass is 9.48. The molecule has 21 heavy (non-hydrogen) atoms. The zero-order valence-electron chi connectivity index (χ0n) is 15.0. The van der Waals surface area contributed by atoms with Crippen molar-refractivity contribution in [1.29, 1.82) is 0 Å². The predicted molar refractivity (Wildman–Crippen MR) is 97.1 cm³/mol. The Morgan fingerprint density at radius 2 is 1.29 bits per heavy atom. The highest BCUT2D eigenvalue weighted by atomic mass is 14.2. The summed E-state index contributed by atoms with van der Waals surface area (Å²) in [7, 11) is 4.88. The molecule has 2 aliphatic heterocycles. The van der Waals surface area contributed by atoms with Crippen LogP contribution in [-0.4, -0.2) is 14.6 Å². The summed E-state index contributed by atoms with van der Waals surface area (Å²) in [6, 6.07) is 0. The molecule has 0 bridgehead atoms. The highest BCUT2D eigenvalue weighted by Crippen LogP contribution is 2.42. The van der Waals surface area contributed by atoms with Crippen LogP contribution in [0.1, 0.15) is 61.8 Å². The number of hydrogen-bond acceptors (Lipinski definition) is 0. The van der Waals surface area contributed by atoms with Gasteiger partial charge in [-0.05, 0) is 58.2 Å². The molecule has 0 saturated carbocycles. The van der Waals surface area contributed by atoms with E-state index in [2.05, 4.69) is 69.9 Å². The molecule has 0 amide bonds. The molecule has 2 radical (unpaired) electrons. The summed E-state index contributed by atoms with van der Waals surface area (Å²) in [6.45, 7) is 18.3. The van der Waals surface area contributed by atoms with Crippen molar-refractivity contribution in [1.82, 2.24) is 0 Å². The Kier molecular flexibility index (Phi) is 4.76. The van der Waals surface area contributed by atoms with Crippen LogP contribution < -0.4 is 0 Å². The Bertz CT molecular complexity index is 585. The molecule has 110 valence electrons. The minimum absolute atomic E-state index is 0.562. The Hall–Kier alpha value is -0.910. The molecular weight excluding hydrogens is 250 g/mol. The van der Waals surface area contributed by atoms with Crippen LogP contribution in [0, 0.1) is 0 Å². The lowest BCUT2D eigenvalue weighted by Gasteiger charge is -2.32. The molecule has 0 nitrogen and oxygen atoms in total. The lowest BCUT2D eigenvalue weighted by Crippen LogP contribution is -2.19. The standard InChI is InChI=1S/C19H28B2/c1-10-11(2)15(6)21-19(12(10)3)9-18-13(4)16(7)20-17(8)14(18)5/h16,19H,9H2,1-8H3. The van der Waals surface area contributed by atoms with E-state index in [1.807, 2.05) is 0 Å². The van der Waals surface area contributed by atoms with Gasteiger partial charge in [0.05, 0.1) is 0 Å². The molecule has 0 N–H and O–H groups in total. The summed E-state index contributed by atoms with van der Waals surface area (Å²) in [5, 5.41) is 0. The van der Waals surface area contributed by atoms with E-state index < -0.39 is 0 Å². The third kappa shape index (κ3) is 3.00. The third-order valence-electron chi connectivity index (χ3n) is 5.88. The van der Waals surface area contributed by atoms with Crippen LogP contribution in [0.5, 0.6) is 0 Å². The van der Waals surface area contributed by atoms with Crippen molar-refractivity contribution in [3.05, 3.63) is 44.4 Å². The average molecular weight is 278 g/mol. The van der Waals surface area contributed by atoms with E-state index in [-0.39, 0.29) is 0 Å². The van der Waals surface area contributed by atoms with Gasteiger partial charge in [0.25, 0.3) is 0 Å². The van der Waals surface area contributed by atoms with Gasteiger partial charge in [0.2, 0.25) is 0 Å². The predicted octanol–water partition coefficient (Wildman–Crippen LogP) is 5.65. The van der Waals surface area contributed by atoms with Crippen LogP contribution in [0.25, 0.3) is 0 Å². The van der Waals surface area contributed by atoms with Crippen molar-refractivity contribution in [2.24, 2.45) is 0 Å². The van der Waals surface area contributed by atoms with Gasteiger partial charge < -0.3 is 0 Å². The zero-order valence-corrected chi connectivity index (χ0v) is 15.0. The molecule has 0 aromatic carbocycles. The summed E-state index contributed by atoms with van der Waals surface area (Å²) in [5.41, 5.74) is 12.1. The molecule has 2 heterocycles. The maximum absolute atomic E-state index is 2.48. The maximum Gasteiger partial charge on any atom is 0.154 e. The zero-order chi connectivity index (χ0) is 15.9. The number of hydrogen-bond donors (Lipinski definition) is 0. The largest absolute Gasteiger partial charge is 0.154 e. The monoisotopic (exact) mass is 278 g/mol. The quantitative estimate of drug-likeness (QED) is 0.572. The first-order valence-corrected chi connectivity index (χ1v) is 8.16. The van der Waals surface area contributed by atoms with E-state index in [1.54, 1.807) is 16.7 Å². The molecule has 0 aliphatic carbocycles. The van der Waals surface area contributed by atoms with Gasteiger partial charge in [-0.3, -0.25) is 0 Å². The summed E-state index contributed by atoms with van der Waals surface area (Å²) in [5.74, 6) is 1.14. The van der Waals surface area contributed by atoms with Crippen LogP contribution in [0.3, 0.4) is 0 Å². The summed E-state index contributed by atoms with van der Waals surface area (Å²) >= 11 is 0. The lowest BCUT2D eigenvalue weighted by molar-refractivity contribution is 0.858. The fourth-order valence-corrected chi connectivity index (χ4v) is 3.60. The van der Waals surface area contributed by atoms with E-state index in [4.69, 9.17) is 0 Å². The molecule has 2 unspecified atom stereocenters. The minimum Gasteiger partial charge on any atom is -0.108 e. The molecule has 0 fully saturated rings. The van der Waals surface area contributed by atoms with Crippen molar-refractivity contribution in [3.63, 3.8) is 0 Å². The third-order valence-corrected chi connectivity index (χ3v) is 5.88. The first kappa shape index (κ1) is 16.5. The van der Waals surface area contributed by atoms with Gasteiger partial charge in [0.15, 0.2) is 14.6 Å². The van der Waals surface area contributed by atoms with Crippen LogP contribution in [0.4, 0.5) is 0 Å². The van der Waals surface area contributed by atoms with Crippen LogP contribution in [-0.2, 0) is 0 Å². The molecule has 2 heteroatoms. The van der Waals surface area contributed by atoms with Crippen LogP contribution in [0.2, 0.25) is 11.6 Å². The first-order chi connectivity index (χ1) is 9.73. The van der Waals surface area contributed by atoms with E-state index in [0.717, 1.165) is 6.42 Å². The highest BCUT2D eigenvalue weighted by molar-refractivity contribution is 6.49. The van der Waals surface area contributed by atoms with Gasteiger partial charge in [0, 0.05) is 0 Å². The molecule has 0 saturated heterocycles. The second-order valence-corrected chi connectivity index (χ2v) is 7.02. The molecule has 0 aromatic rings. The topological polar surface area (TPSA) is 0 Å². The average Bonchev–Trinajstić information content (AvgIpc) is 2.44. The van der Waals surface area contributed by atoms with Gasteiger partial charge in [-0.2, -0.15) is 0 Å². The van der Waals surface area contributed by atoms with Crippen molar-refractivity contribution < 1.29 is 0 Å².